The molecule has 0 unspecified atom stereocenters. The molecular weight excluding hydrogens is 356 g/mol. The van der Waals surface area contributed by atoms with Gasteiger partial charge in [0.2, 0.25) is 0 Å². The highest BCUT2D eigenvalue weighted by Gasteiger charge is 2.26. The first-order chi connectivity index (χ1) is 8.44. The summed E-state index contributed by atoms with van der Waals surface area (Å²) in [5, 5.41) is 3.93. The lowest BCUT2D eigenvalue weighted by molar-refractivity contribution is -0.137. The Kier molecular flexibility index (Phi) is 3.94. The Morgan fingerprint density at radius 2 is 1.78 bits per heavy atom. The van der Waals surface area contributed by atoms with Crippen molar-refractivity contribution in [1.29, 1.82) is 0 Å². The number of rotatable bonds is 3. The SMILES string of the molecule is FC(F)(F)CCn1cc(-c2ccc(I)cc2)cn1. The third kappa shape index (κ3) is 3.72. The molecule has 0 saturated heterocycles. The quantitative estimate of drug-likeness (QED) is 0.748. The van der Waals surface area contributed by atoms with Crippen molar-refractivity contribution < 1.29 is 13.2 Å². The van der Waals surface area contributed by atoms with E-state index >= 15 is 0 Å². The minimum atomic E-state index is -4.14. The van der Waals surface area contributed by atoms with Gasteiger partial charge in [0.15, 0.2) is 0 Å². The number of alkyl halides is 3. The van der Waals surface area contributed by atoms with Crippen LogP contribution in [0.15, 0.2) is 36.7 Å². The maximum Gasteiger partial charge on any atom is 0.390 e. The van der Waals surface area contributed by atoms with Crippen molar-refractivity contribution in [3.05, 3.63) is 40.2 Å². The molecule has 0 saturated carbocycles. The third-order valence-corrected chi connectivity index (χ3v) is 3.15. The predicted molar refractivity (Wildman–Crippen MR) is 71.1 cm³/mol. The van der Waals surface area contributed by atoms with Gasteiger partial charge in [-0.3, -0.25) is 4.68 Å². The summed E-state index contributed by atoms with van der Waals surface area (Å²) in [4.78, 5) is 0. The van der Waals surface area contributed by atoms with Crippen LogP contribution in [0, 0.1) is 3.57 Å². The van der Waals surface area contributed by atoms with E-state index in [1.54, 1.807) is 12.4 Å². The van der Waals surface area contributed by atoms with E-state index in [4.69, 9.17) is 0 Å². The van der Waals surface area contributed by atoms with Gasteiger partial charge in [0.25, 0.3) is 0 Å². The van der Waals surface area contributed by atoms with Crippen LogP contribution in [0.3, 0.4) is 0 Å². The summed E-state index contributed by atoms with van der Waals surface area (Å²) in [5.41, 5.74) is 1.78. The Hall–Kier alpha value is -1.05. The molecule has 0 aliphatic carbocycles. The molecule has 0 atom stereocenters. The van der Waals surface area contributed by atoms with E-state index in [2.05, 4.69) is 27.7 Å². The van der Waals surface area contributed by atoms with Gasteiger partial charge in [0.05, 0.1) is 12.6 Å². The van der Waals surface area contributed by atoms with Crippen LogP contribution in [-0.2, 0) is 6.54 Å². The smallest absolute Gasteiger partial charge is 0.272 e. The summed E-state index contributed by atoms with van der Waals surface area (Å²) in [5.74, 6) is 0. The zero-order valence-corrected chi connectivity index (χ0v) is 11.4. The molecule has 1 aromatic heterocycles. The molecule has 1 heterocycles. The van der Waals surface area contributed by atoms with Gasteiger partial charge < -0.3 is 0 Å². The lowest BCUT2D eigenvalue weighted by atomic mass is 10.1. The van der Waals surface area contributed by atoms with Crippen molar-refractivity contribution in [2.45, 2.75) is 19.1 Å². The van der Waals surface area contributed by atoms with Crippen molar-refractivity contribution >= 4 is 22.6 Å². The molecule has 2 rings (SSSR count). The van der Waals surface area contributed by atoms with Crippen molar-refractivity contribution in [3.8, 4) is 11.1 Å². The summed E-state index contributed by atoms with van der Waals surface area (Å²) in [6.45, 7) is -0.145. The average Bonchev–Trinajstić information content (AvgIpc) is 2.75. The van der Waals surface area contributed by atoms with Gasteiger partial charge in [-0.1, -0.05) is 12.1 Å². The van der Waals surface area contributed by atoms with Crippen LogP contribution in [0.5, 0.6) is 0 Å². The minimum Gasteiger partial charge on any atom is -0.272 e. The van der Waals surface area contributed by atoms with Gasteiger partial charge in [0, 0.05) is 21.9 Å². The zero-order chi connectivity index (χ0) is 13.2. The minimum absolute atomic E-state index is 0.145. The largest absolute Gasteiger partial charge is 0.390 e. The highest BCUT2D eigenvalue weighted by Crippen LogP contribution is 2.22. The number of hydrogen-bond donors (Lipinski definition) is 0. The summed E-state index contributed by atoms with van der Waals surface area (Å²) in [6.07, 6.45) is -1.79. The maximum atomic E-state index is 12.1. The first-order valence-electron chi connectivity index (χ1n) is 5.29. The van der Waals surface area contributed by atoms with Crippen LogP contribution in [0.2, 0.25) is 0 Å². The molecule has 0 aliphatic rings. The van der Waals surface area contributed by atoms with Crippen LogP contribution >= 0.6 is 22.6 Å². The molecule has 0 aliphatic heterocycles. The normalized spacial score (nSPS) is 11.8. The van der Waals surface area contributed by atoms with Crippen LogP contribution in [-0.4, -0.2) is 16.0 Å². The monoisotopic (exact) mass is 366 g/mol. The second-order valence-corrected chi connectivity index (χ2v) is 5.11. The van der Waals surface area contributed by atoms with Crippen LogP contribution in [0.1, 0.15) is 6.42 Å². The van der Waals surface area contributed by atoms with E-state index in [9.17, 15) is 13.2 Å². The Balaban J connectivity index is 2.08. The van der Waals surface area contributed by atoms with Gasteiger partial charge in [-0.2, -0.15) is 18.3 Å². The van der Waals surface area contributed by atoms with Crippen LogP contribution < -0.4 is 0 Å². The maximum absolute atomic E-state index is 12.1. The highest BCUT2D eigenvalue weighted by atomic mass is 127. The fourth-order valence-corrected chi connectivity index (χ4v) is 1.88. The third-order valence-electron chi connectivity index (χ3n) is 2.44. The van der Waals surface area contributed by atoms with E-state index in [1.807, 2.05) is 24.3 Å². The molecule has 0 amide bonds. The molecule has 0 radical (unpaired) electrons. The highest BCUT2D eigenvalue weighted by molar-refractivity contribution is 14.1. The van der Waals surface area contributed by atoms with E-state index in [0.717, 1.165) is 14.7 Å². The number of nitrogens with zero attached hydrogens (tertiary/aromatic N) is 2. The van der Waals surface area contributed by atoms with E-state index in [1.165, 1.54) is 4.68 Å². The van der Waals surface area contributed by atoms with E-state index in [0.29, 0.717) is 0 Å². The van der Waals surface area contributed by atoms with E-state index in [-0.39, 0.29) is 6.54 Å². The fraction of sp³-hybridized carbons (Fsp3) is 0.250. The second kappa shape index (κ2) is 5.29. The Morgan fingerprint density at radius 1 is 1.11 bits per heavy atom. The summed E-state index contributed by atoms with van der Waals surface area (Å²) >= 11 is 2.20. The number of aromatic nitrogens is 2. The molecule has 0 fully saturated rings. The molecule has 2 aromatic rings. The Labute approximate surface area is 116 Å². The van der Waals surface area contributed by atoms with Gasteiger partial charge in [-0.15, -0.1) is 0 Å². The first kappa shape index (κ1) is 13.4. The topological polar surface area (TPSA) is 17.8 Å². The molecule has 0 N–H and O–H groups in total. The van der Waals surface area contributed by atoms with Crippen LogP contribution in [0.4, 0.5) is 13.2 Å². The standard InChI is InChI=1S/C12H10F3IN2/c13-12(14,15)5-6-18-8-10(7-17-18)9-1-3-11(16)4-2-9/h1-4,7-8H,5-6H2. The Bertz CT molecular complexity index is 517. The average molecular weight is 366 g/mol. The zero-order valence-electron chi connectivity index (χ0n) is 9.28. The molecular formula is C12H10F3IN2. The van der Waals surface area contributed by atoms with Gasteiger partial charge >= 0.3 is 6.18 Å². The molecule has 6 heteroatoms. The Morgan fingerprint density at radius 3 is 2.39 bits per heavy atom. The van der Waals surface area contributed by atoms with Gasteiger partial charge in [-0.25, -0.2) is 0 Å². The lowest BCUT2D eigenvalue weighted by Crippen LogP contribution is -2.12. The van der Waals surface area contributed by atoms with Crippen molar-refractivity contribution in [2.24, 2.45) is 0 Å². The summed E-state index contributed by atoms with van der Waals surface area (Å²) < 4.78 is 38.7. The predicted octanol–water partition coefficient (Wildman–Crippen LogP) is 4.11. The molecule has 1 aromatic carbocycles. The van der Waals surface area contributed by atoms with Crippen molar-refractivity contribution in [2.75, 3.05) is 0 Å². The van der Waals surface area contributed by atoms with Crippen LogP contribution in [0.25, 0.3) is 11.1 Å². The second-order valence-electron chi connectivity index (χ2n) is 3.86. The van der Waals surface area contributed by atoms with E-state index < -0.39 is 12.6 Å². The number of halogens is 4. The van der Waals surface area contributed by atoms with Gasteiger partial charge in [-0.05, 0) is 40.3 Å². The fourth-order valence-electron chi connectivity index (χ4n) is 1.52. The number of benzene rings is 1. The molecule has 18 heavy (non-hydrogen) atoms. The number of hydrogen-bond acceptors (Lipinski definition) is 1. The van der Waals surface area contributed by atoms with Crippen molar-refractivity contribution in [3.63, 3.8) is 0 Å². The lowest BCUT2D eigenvalue weighted by Gasteiger charge is -2.05. The molecule has 0 bridgehead atoms. The molecule has 2 nitrogen and oxygen atoms in total. The molecule has 96 valence electrons. The first-order valence-corrected chi connectivity index (χ1v) is 6.37. The number of aryl methyl sites for hydroxylation is 1. The van der Waals surface area contributed by atoms with Gasteiger partial charge in [0.1, 0.15) is 0 Å². The van der Waals surface area contributed by atoms with Crippen molar-refractivity contribution in [1.82, 2.24) is 9.78 Å². The summed E-state index contributed by atoms with van der Waals surface area (Å²) in [6, 6.07) is 7.74. The molecule has 0 spiro atoms. The summed E-state index contributed by atoms with van der Waals surface area (Å²) in [7, 11) is 0.